The van der Waals surface area contributed by atoms with E-state index in [0.29, 0.717) is 6.07 Å². The third kappa shape index (κ3) is 2.92. The molecule has 106 valence electrons. The van der Waals surface area contributed by atoms with Crippen LogP contribution in [0.25, 0.3) is 0 Å². The Balaban J connectivity index is 2.22. The molecule has 1 amide bonds. The second-order valence-electron chi connectivity index (χ2n) is 3.77. The van der Waals surface area contributed by atoms with E-state index in [0.717, 1.165) is 6.07 Å². The zero-order valence-electron chi connectivity index (χ0n) is 9.95. The van der Waals surface area contributed by atoms with Crippen LogP contribution < -0.4 is 5.32 Å². The first-order valence-corrected chi connectivity index (χ1v) is 5.25. The average molecular weight is 289 g/mol. The summed E-state index contributed by atoms with van der Waals surface area (Å²) in [6.45, 7) is 1.47. The molecule has 20 heavy (non-hydrogen) atoms. The highest BCUT2D eigenvalue weighted by Gasteiger charge is 2.31. The van der Waals surface area contributed by atoms with Crippen molar-refractivity contribution in [3.8, 4) is 0 Å². The van der Waals surface area contributed by atoms with Gasteiger partial charge in [-0.2, -0.15) is 13.2 Å². The van der Waals surface area contributed by atoms with Crippen molar-refractivity contribution in [3.63, 3.8) is 0 Å². The summed E-state index contributed by atoms with van der Waals surface area (Å²) in [6.07, 6.45) is -4.68. The summed E-state index contributed by atoms with van der Waals surface area (Å²) in [5.41, 5.74) is -1.74. The van der Waals surface area contributed by atoms with E-state index in [1.165, 1.54) is 6.92 Å². The van der Waals surface area contributed by atoms with Gasteiger partial charge in [-0.3, -0.25) is 10.1 Å². The maximum Gasteiger partial charge on any atom is 0.416 e. The maximum absolute atomic E-state index is 13.5. The van der Waals surface area contributed by atoms with Crippen molar-refractivity contribution >= 4 is 11.9 Å². The lowest BCUT2D eigenvalue weighted by Crippen LogP contribution is -2.15. The van der Waals surface area contributed by atoms with Gasteiger partial charge in [0.1, 0.15) is 5.82 Å². The molecule has 0 unspecified atom stereocenters. The van der Waals surface area contributed by atoms with Crippen LogP contribution in [0.4, 0.5) is 23.6 Å². The van der Waals surface area contributed by atoms with Crippen LogP contribution >= 0.6 is 0 Å². The standard InChI is InChI=1S/C11H7F4N3O2/c1-5-17-18-10(20-5)16-9(19)7-3-2-6(4-8(7)12)11(13,14)15/h2-4H,1H3,(H,16,18,19). The molecule has 0 spiro atoms. The van der Waals surface area contributed by atoms with Crippen molar-refractivity contribution in [2.45, 2.75) is 13.1 Å². The highest BCUT2D eigenvalue weighted by molar-refractivity contribution is 6.03. The van der Waals surface area contributed by atoms with Crippen molar-refractivity contribution in [1.82, 2.24) is 10.2 Å². The lowest BCUT2D eigenvalue weighted by atomic mass is 10.1. The van der Waals surface area contributed by atoms with Gasteiger partial charge in [0.05, 0.1) is 11.1 Å². The molecule has 5 nitrogen and oxygen atoms in total. The fourth-order valence-electron chi connectivity index (χ4n) is 1.39. The fraction of sp³-hybridized carbons (Fsp3) is 0.182. The van der Waals surface area contributed by atoms with Crippen LogP contribution in [0.2, 0.25) is 0 Å². The van der Waals surface area contributed by atoms with Gasteiger partial charge in [-0.05, 0) is 18.2 Å². The molecule has 0 saturated heterocycles. The molecule has 0 atom stereocenters. The van der Waals surface area contributed by atoms with E-state index in [4.69, 9.17) is 4.42 Å². The summed E-state index contributed by atoms with van der Waals surface area (Å²) in [5, 5.41) is 8.95. The first kappa shape index (κ1) is 14.0. The minimum absolute atomic E-state index is 0.174. The van der Waals surface area contributed by atoms with Gasteiger partial charge in [0.25, 0.3) is 5.91 Å². The largest absolute Gasteiger partial charge is 0.416 e. The molecule has 0 aliphatic carbocycles. The molecule has 0 saturated carbocycles. The fourth-order valence-corrected chi connectivity index (χ4v) is 1.39. The minimum Gasteiger partial charge on any atom is -0.408 e. The number of nitrogens with one attached hydrogen (secondary N) is 1. The zero-order valence-corrected chi connectivity index (χ0v) is 9.95. The monoisotopic (exact) mass is 289 g/mol. The molecule has 1 aromatic carbocycles. The first-order chi connectivity index (χ1) is 9.27. The molecule has 0 bridgehead atoms. The number of aryl methyl sites for hydroxylation is 1. The van der Waals surface area contributed by atoms with E-state index in [9.17, 15) is 22.4 Å². The molecule has 0 fully saturated rings. The zero-order chi connectivity index (χ0) is 14.9. The maximum atomic E-state index is 13.5. The normalized spacial score (nSPS) is 11.4. The number of carbonyl (C=O) groups excluding carboxylic acids is 1. The third-order valence-corrected chi connectivity index (χ3v) is 2.29. The van der Waals surface area contributed by atoms with Crippen molar-refractivity contribution < 1.29 is 26.8 Å². The number of nitrogens with zero attached hydrogens (tertiary/aromatic N) is 2. The number of hydrogen-bond acceptors (Lipinski definition) is 4. The Morgan fingerprint density at radius 3 is 2.50 bits per heavy atom. The van der Waals surface area contributed by atoms with Gasteiger partial charge in [-0.25, -0.2) is 4.39 Å². The summed E-state index contributed by atoms with van der Waals surface area (Å²) in [7, 11) is 0. The van der Waals surface area contributed by atoms with Crippen LogP contribution in [0.5, 0.6) is 0 Å². The van der Waals surface area contributed by atoms with Crippen molar-refractivity contribution in [2.24, 2.45) is 0 Å². The molecule has 2 rings (SSSR count). The van der Waals surface area contributed by atoms with Crippen molar-refractivity contribution in [1.29, 1.82) is 0 Å². The van der Waals surface area contributed by atoms with E-state index in [2.05, 4.69) is 15.5 Å². The van der Waals surface area contributed by atoms with Gasteiger partial charge in [0.15, 0.2) is 0 Å². The van der Waals surface area contributed by atoms with Gasteiger partial charge in [0.2, 0.25) is 5.89 Å². The second-order valence-corrected chi connectivity index (χ2v) is 3.77. The van der Waals surface area contributed by atoms with Crippen LogP contribution in [0.15, 0.2) is 22.6 Å². The SMILES string of the molecule is Cc1nnc(NC(=O)c2ccc(C(F)(F)F)cc2F)o1. The summed E-state index contributed by atoms with van der Waals surface area (Å²) in [4.78, 5) is 11.6. The molecule has 1 N–H and O–H groups in total. The predicted octanol–water partition coefficient (Wildman–Crippen LogP) is 2.79. The average Bonchev–Trinajstić information content (AvgIpc) is 2.73. The Morgan fingerprint density at radius 2 is 2.00 bits per heavy atom. The lowest BCUT2D eigenvalue weighted by molar-refractivity contribution is -0.137. The number of hydrogen-bond donors (Lipinski definition) is 1. The molecule has 2 aromatic rings. The number of amides is 1. The number of anilines is 1. The topological polar surface area (TPSA) is 68.0 Å². The molecular formula is C11H7F4N3O2. The van der Waals surface area contributed by atoms with Crippen molar-refractivity contribution in [3.05, 3.63) is 41.0 Å². The van der Waals surface area contributed by atoms with Gasteiger partial charge >= 0.3 is 12.2 Å². The van der Waals surface area contributed by atoms with E-state index in [1.807, 2.05) is 0 Å². The van der Waals surface area contributed by atoms with E-state index < -0.39 is 29.0 Å². The summed E-state index contributed by atoms with van der Waals surface area (Å²) in [5.74, 6) is -2.11. The summed E-state index contributed by atoms with van der Waals surface area (Å²) in [6, 6.07) is 1.31. The molecular weight excluding hydrogens is 282 g/mol. The highest BCUT2D eigenvalue weighted by atomic mass is 19.4. The van der Waals surface area contributed by atoms with Gasteiger partial charge in [-0.1, -0.05) is 5.10 Å². The van der Waals surface area contributed by atoms with Crippen molar-refractivity contribution in [2.75, 3.05) is 5.32 Å². The Morgan fingerprint density at radius 1 is 1.30 bits per heavy atom. The number of aromatic nitrogens is 2. The molecule has 1 aromatic heterocycles. The Bertz CT molecular complexity index is 651. The smallest absolute Gasteiger partial charge is 0.408 e. The number of benzene rings is 1. The number of alkyl halides is 3. The first-order valence-electron chi connectivity index (χ1n) is 5.25. The van der Waals surface area contributed by atoms with Gasteiger partial charge in [0, 0.05) is 6.92 Å². The predicted molar refractivity (Wildman–Crippen MR) is 58.4 cm³/mol. The summed E-state index contributed by atoms with van der Waals surface area (Å²) < 4.78 is 55.4. The second kappa shape index (κ2) is 4.91. The Hall–Kier alpha value is -2.45. The molecule has 9 heteroatoms. The minimum atomic E-state index is -4.68. The van der Waals surface area contributed by atoms with E-state index in [-0.39, 0.29) is 18.0 Å². The molecule has 0 radical (unpaired) electrons. The lowest BCUT2D eigenvalue weighted by Gasteiger charge is -2.08. The Kier molecular flexibility index (Phi) is 3.43. The number of rotatable bonds is 2. The molecule has 0 aliphatic heterocycles. The van der Waals surface area contributed by atoms with Crippen LogP contribution in [0, 0.1) is 12.7 Å². The van der Waals surface area contributed by atoms with E-state index in [1.54, 1.807) is 0 Å². The highest BCUT2D eigenvalue weighted by Crippen LogP contribution is 2.30. The third-order valence-electron chi connectivity index (χ3n) is 2.29. The van der Waals surface area contributed by atoms with Gasteiger partial charge < -0.3 is 4.42 Å². The number of halogens is 4. The van der Waals surface area contributed by atoms with Crippen LogP contribution in [-0.2, 0) is 6.18 Å². The summed E-state index contributed by atoms with van der Waals surface area (Å²) >= 11 is 0. The molecule has 1 heterocycles. The quantitative estimate of drug-likeness (QED) is 0.863. The molecule has 0 aliphatic rings. The van der Waals surface area contributed by atoms with Gasteiger partial charge in [-0.15, -0.1) is 5.10 Å². The van der Waals surface area contributed by atoms with E-state index >= 15 is 0 Å². The van der Waals surface area contributed by atoms with Crippen LogP contribution in [0.3, 0.4) is 0 Å². The van der Waals surface area contributed by atoms with Crippen LogP contribution in [0.1, 0.15) is 21.8 Å². The Labute approximate surface area is 109 Å². The van der Waals surface area contributed by atoms with Crippen LogP contribution in [-0.4, -0.2) is 16.1 Å². The number of carbonyl (C=O) groups is 1.